The summed E-state index contributed by atoms with van der Waals surface area (Å²) in [4.78, 5) is 74.4. The van der Waals surface area contributed by atoms with Crippen molar-refractivity contribution >= 4 is 36.0 Å². The second-order valence-corrected chi connectivity index (χ2v) is 8.37. The summed E-state index contributed by atoms with van der Waals surface area (Å²) in [5, 5.41) is 18.7. The minimum atomic E-state index is -1.29. The molecule has 2 saturated heterocycles. The fraction of sp³-hybridized carbons (Fsp3) is 0.571. The number of hydrogen-bond donors (Lipinski definition) is 3. The van der Waals surface area contributed by atoms with Gasteiger partial charge in [-0.1, -0.05) is 0 Å². The van der Waals surface area contributed by atoms with Crippen molar-refractivity contribution in [3.05, 3.63) is 17.0 Å². The van der Waals surface area contributed by atoms with Crippen molar-refractivity contribution in [2.24, 2.45) is 0 Å². The molecule has 1 aromatic rings. The zero-order valence-electron chi connectivity index (χ0n) is 19.8. The van der Waals surface area contributed by atoms with Gasteiger partial charge in [-0.3, -0.25) is 29.3 Å². The van der Waals surface area contributed by atoms with Crippen LogP contribution in [0.2, 0.25) is 0 Å². The number of fused-ring (bicyclic) bond motifs is 1. The van der Waals surface area contributed by atoms with Crippen LogP contribution in [0.15, 0.2) is 0 Å². The topological polar surface area (TPSA) is 174 Å². The number of carboxylic acids is 1. The van der Waals surface area contributed by atoms with E-state index in [4.69, 9.17) is 5.11 Å². The molecule has 2 aliphatic rings. The molecule has 0 aromatic carbocycles. The molecule has 3 N–H and O–H groups in total. The Hall–Kier alpha value is -3.97. The highest BCUT2D eigenvalue weighted by molar-refractivity contribution is 5.97. The lowest BCUT2D eigenvalue weighted by atomic mass is 10.1. The Morgan fingerprint density at radius 2 is 1.94 bits per heavy atom. The van der Waals surface area contributed by atoms with Crippen molar-refractivity contribution in [3.8, 4) is 0 Å². The van der Waals surface area contributed by atoms with Crippen molar-refractivity contribution < 1.29 is 33.9 Å². The van der Waals surface area contributed by atoms with E-state index in [0.29, 0.717) is 30.5 Å². The normalized spacial score (nSPS) is 19.1. The van der Waals surface area contributed by atoms with Crippen LogP contribution in [0.5, 0.6) is 0 Å². The second-order valence-electron chi connectivity index (χ2n) is 8.37. The van der Waals surface area contributed by atoms with Crippen LogP contribution in [0, 0.1) is 13.8 Å². The van der Waals surface area contributed by atoms with E-state index in [9.17, 15) is 28.8 Å². The van der Waals surface area contributed by atoms with E-state index in [0.717, 1.165) is 10.0 Å². The molecule has 3 rings (SSSR count). The van der Waals surface area contributed by atoms with E-state index in [1.54, 1.807) is 13.8 Å². The number of hydrazine groups is 2. The fourth-order valence-electron chi connectivity index (χ4n) is 4.18. The first kappa shape index (κ1) is 25.6. The Morgan fingerprint density at radius 3 is 2.57 bits per heavy atom. The molecule has 2 aliphatic heterocycles. The third-order valence-electron chi connectivity index (χ3n) is 6.03. The van der Waals surface area contributed by atoms with Crippen molar-refractivity contribution in [1.29, 1.82) is 0 Å². The molecule has 14 nitrogen and oxygen atoms in total. The molecule has 14 heteroatoms. The van der Waals surface area contributed by atoms with E-state index in [-0.39, 0.29) is 31.6 Å². The summed E-state index contributed by atoms with van der Waals surface area (Å²) in [5.74, 6) is -3.03. The number of carbonyl (C=O) groups is 6. The number of aliphatic carboxylic acids is 1. The molecule has 190 valence electrons. The van der Waals surface area contributed by atoms with Gasteiger partial charge in [-0.2, -0.15) is 5.10 Å². The van der Waals surface area contributed by atoms with Gasteiger partial charge in [-0.15, -0.1) is 0 Å². The van der Waals surface area contributed by atoms with Crippen LogP contribution in [-0.2, 0) is 25.7 Å². The number of aldehydes is 1. The van der Waals surface area contributed by atoms with Gasteiger partial charge in [-0.25, -0.2) is 19.8 Å². The van der Waals surface area contributed by atoms with Gasteiger partial charge in [-0.05, 0) is 33.6 Å². The lowest BCUT2D eigenvalue weighted by Gasteiger charge is -2.42. The first-order valence-electron chi connectivity index (χ1n) is 11.3. The largest absolute Gasteiger partial charge is 0.481 e. The van der Waals surface area contributed by atoms with Crippen LogP contribution < -0.4 is 10.7 Å². The molecule has 0 bridgehead atoms. The van der Waals surface area contributed by atoms with E-state index >= 15 is 0 Å². The van der Waals surface area contributed by atoms with Gasteiger partial charge < -0.3 is 15.2 Å². The molecule has 0 unspecified atom stereocenters. The van der Waals surface area contributed by atoms with Gasteiger partial charge in [0.05, 0.1) is 24.7 Å². The van der Waals surface area contributed by atoms with E-state index in [1.165, 1.54) is 9.69 Å². The van der Waals surface area contributed by atoms with Gasteiger partial charge in [0.1, 0.15) is 18.0 Å². The lowest BCUT2D eigenvalue weighted by Crippen LogP contribution is -2.64. The van der Waals surface area contributed by atoms with Crippen LogP contribution in [0.25, 0.3) is 0 Å². The van der Waals surface area contributed by atoms with Crippen molar-refractivity contribution in [2.75, 3.05) is 13.1 Å². The molecule has 3 heterocycles. The molecule has 0 saturated carbocycles. The Bertz CT molecular complexity index is 1050. The zero-order chi connectivity index (χ0) is 25.9. The maximum Gasteiger partial charge on any atom is 0.358 e. The Balaban J connectivity index is 1.85. The lowest BCUT2D eigenvalue weighted by molar-refractivity contribution is -0.155. The van der Waals surface area contributed by atoms with Crippen molar-refractivity contribution in [3.63, 3.8) is 0 Å². The average molecular weight is 492 g/mol. The highest BCUT2D eigenvalue weighted by Crippen LogP contribution is 2.24. The van der Waals surface area contributed by atoms with Gasteiger partial charge >= 0.3 is 12.0 Å². The number of aromatic nitrogens is 2. The molecular formula is C21H29N7O7. The monoisotopic (exact) mass is 491 g/mol. The minimum Gasteiger partial charge on any atom is -0.481 e. The predicted molar refractivity (Wildman–Crippen MR) is 118 cm³/mol. The number of carboxylic acid groups (broad SMARTS) is 1. The summed E-state index contributed by atoms with van der Waals surface area (Å²) >= 11 is 0. The highest BCUT2D eigenvalue weighted by atomic mass is 16.4. The molecular weight excluding hydrogens is 462 g/mol. The number of amides is 5. The number of carbonyl (C=O) groups excluding carboxylic acids is 5. The third-order valence-corrected chi connectivity index (χ3v) is 6.03. The molecule has 5 amide bonds. The molecule has 1 aromatic heterocycles. The summed E-state index contributed by atoms with van der Waals surface area (Å²) in [5.41, 5.74) is 4.14. The van der Waals surface area contributed by atoms with Gasteiger partial charge in [0.2, 0.25) is 11.8 Å². The van der Waals surface area contributed by atoms with Crippen LogP contribution in [0.3, 0.4) is 0 Å². The minimum absolute atomic E-state index is 0.0854. The molecule has 0 radical (unpaired) electrons. The standard InChI is InChI=1S/C21H29N7O7/c1-4-25-18(12(2)13(3)23-25)20(34)24-26-9-7-16(30)27-8-5-6-15(28(27)21(26)35)19(33)22-14(11-29)10-17(31)32/h11,14-15H,4-10H2,1-3H3,(H,22,33)(H,24,34)(H,31,32)/t14-,15-/m0/s1. The predicted octanol–water partition coefficient (Wildman–Crippen LogP) is -0.643. The average Bonchev–Trinajstić information content (AvgIpc) is 3.06. The Morgan fingerprint density at radius 1 is 1.23 bits per heavy atom. The summed E-state index contributed by atoms with van der Waals surface area (Å²) in [7, 11) is 0. The SMILES string of the molecule is CCn1nc(C)c(C)c1C(=O)NN1CCC(=O)N2CCC[C@@H](C(=O)N[C@H](C=O)CC(=O)O)N2C1=O. The van der Waals surface area contributed by atoms with Crippen molar-refractivity contribution in [2.45, 2.75) is 65.1 Å². The molecule has 35 heavy (non-hydrogen) atoms. The summed E-state index contributed by atoms with van der Waals surface area (Å²) in [6.07, 6.45) is 0.194. The number of aryl methyl sites for hydroxylation is 2. The Kier molecular flexibility index (Phi) is 7.71. The van der Waals surface area contributed by atoms with Crippen LogP contribution in [-0.4, -0.2) is 91.1 Å². The summed E-state index contributed by atoms with van der Waals surface area (Å²) in [6.45, 7) is 5.84. The highest BCUT2D eigenvalue weighted by Gasteiger charge is 2.44. The molecule has 0 spiro atoms. The van der Waals surface area contributed by atoms with Gasteiger partial charge in [0.15, 0.2) is 0 Å². The van der Waals surface area contributed by atoms with Crippen molar-refractivity contribution in [1.82, 2.24) is 35.5 Å². The molecule has 0 aliphatic carbocycles. The van der Waals surface area contributed by atoms with E-state index in [2.05, 4.69) is 15.8 Å². The van der Waals surface area contributed by atoms with Crippen LogP contribution >= 0.6 is 0 Å². The van der Waals surface area contributed by atoms with Crippen LogP contribution in [0.1, 0.15) is 54.4 Å². The van der Waals surface area contributed by atoms with E-state index < -0.39 is 48.2 Å². The third kappa shape index (κ3) is 5.25. The first-order chi connectivity index (χ1) is 16.6. The number of nitrogens with zero attached hydrogens (tertiary/aromatic N) is 5. The fourth-order valence-corrected chi connectivity index (χ4v) is 4.18. The maximum absolute atomic E-state index is 13.5. The number of rotatable bonds is 8. The number of hydrogen-bond acceptors (Lipinski definition) is 7. The van der Waals surface area contributed by atoms with Gasteiger partial charge in [0.25, 0.3) is 5.91 Å². The maximum atomic E-state index is 13.5. The zero-order valence-corrected chi connectivity index (χ0v) is 19.8. The van der Waals surface area contributed by atoms with Crippen LogP contribution in [0.4, 0.5) is 4.79 Å². The number of nitrogens with one attached hydrogen (secondary N) is 2. The molecule has 2 fully saturated rings. The van der Waals surface area contributed by atoms with E-state index in [1.807, 2.05) is 6.92 Å². The quantitative estimate of drug-likeness (QED) is 0.402. The second kappa shape index (κ2) is 10.5. The van der Waals surface area contributed by atoms with Gasteiger partial charge in [0, 0.05) is 25.1 Å². The number of urea groups is 1. The summed E-state index contributed by atoms with van der Waals surface area (Å²) < 4.78 is 1.51. The smallest absolute Gasteiger partial charge is 0.358 e. The first-order valence-corrected chi connectivity index (χ1v) is 11.3. The summed E-state index contributed by atoms with van der Waals surface area (Å²) in [6, 6.07) is -3.24. The Labute approximate surface area is 201 Å². The molecule has 2 atom stereocenters.